The highest BCUT2D eigenvalue weighted by Gasteiger charge is 2.22. The third-order valence-corrected chi connectivity index (χ3v) is 3.44. The Morgan fingerprint density at radius 2 is 1.10 bits per heavy atom. The quantitative estimate of drug-likeness (QED) is 0.316. The van der Waals surface area contributed by atoms with Crippen molar-refractivity contribution in [1.29, 1.82) is 0 Å². The van der Waals surface area contributed by atoms with Crippen LogP contribution in [0.3, 0.4) is 0 Å². The molecule has 3 heteroatoms. The van der Waals surface area contributed by atoms with Crippen molar-refractivity contribution >= 4 is 0 Å². The lowest BCUT2D eigenvalue weighted by molar-refractivity contribution is -0.203. The molecule has 3 nitrogen and oxygen atoms in total. The van der Waals surface area contributed by atoms with E-state index in [0.717, 1.165) is 13.0 Å². The van der Waals surface area contributed by atoms with Crippen LogP contribution in [-0.4, -0.2) is 32.2 Å². The topological polar surface area (TPSA) is 27.7 Å². The largest absolute Gasteiger partial charge is 0.373 e. The van der Waals surface area contributed by atoms with E-state index in [0.29, 0.717) is 13.2 Å². The summed E-state index contributed by atoms with van der Waals surface area (Å²) < 4.78 is 17.1. The fourth-order valence-electron chi connectivity index (χ4n) is 2.41. The van der Waals surface area contributed by atoms with E-state index in [1.54, 1.807) is 0 Å². The van der Waals surface area contributed by atoms with Gasteiger partial charge in [0.15, 0.2) is 6.29 Å². The zero-order valence-electron chi connectivity index (χ0n) is 14.2. The van der Waals surface area contributed by atoms with Gasteiger partial charge in [-0.15, -0.1) is 0 Å². The third-order valence-electron chi connectivity index (χ3n) is 3.44. The second-order valence-electron chi connectivity index (χ2n) is 5.18. The van der Waals surface area contributed by atoms with E-state index < -0.39 is 0 Å². The minimum atomic E-state index is -0.204. The van der Waals surface area contributed by atoms with E-state index >= 15 is 0 Å². The smallest absolute Gasteiger partial charge is 0.183 e. The van der Waals surface area contributed by atoms with Crippen molar-refractivity contribution in [3.05, 3.63) is 0 Å². The van der Waals surface area contributed by atoms with Crippen molar-refractivity contribution in [2.24, 2.45) is 0 Å². The van der Waals surface area contributed by atoms with Gasteiger partial charge in [-0.3, -0.25) is 0 Å². The Bertz CT molecular complexity index is 179. The molecule has 0 aromatic rings. The lowest BCUT2D eigenvalue weighted by Gasteiger charge is -2.26. The van der Waals surface area contributed by atoms with Crippen molar-refractivity contribution in [3.63, 3.8) is 0 Å². The molecular formula is C17H36O3. The lowest BCUT2D eigenvalue weighted by Crippen LogP contribution is -2.34. The minimum absolute atomic E-state index is 0.0792. The van der Waals surface area contributed by atoms with Gasteiger partial charge in [0, 0.05) is 19.8 Å². The maximum Gasteiger partial charge on any atom is 0.183 e. The van der Waals surface area contributed by atoms with Gasteiger partial charge in [-0.05, 0) is 27.2 Å². The molecule has 0 aliphatic heterocycles. The molecule has 0 fully saturated rings. The standard InChI is InChI=1S/C17H36O3/c1-5-9-10-11-12-13-14-15-16(18-6-2)17(19-7-3)20-8-4/h16-17H,5-15H2,1-4H3. The summed E-state index contributed by atoms with van der Waals surface area (Å²) in [6, 6.07) is 0. The van der Waals surface area contributed by atoms with Crippen LogP contribution in [0.1, 0.15) is 79.1 Å². The Balaban J connectivity index is 3.86. The van der Waals surface area contributed by atoms with E-state index in [9.17, 15) is 0 Å². The summed E-state index contributed by atoms with van der Waals surface area (Å²) in [4.78, 5) is 0. The zero-order chi connectivity index (χ0) is 15.1. The highest BCUT2D eigenvalue weighted by Crippen LogP contribution is 2.16. The fourth-order valence-corrected chi connectivity index (χ4v) is 2.41. The maximum absolute atomic E-state index is 5.80. The summed E-state index contributed by atoms with van der Waals surface area (Å²) in [6.45, 7) is 10.4. The van der Waals surface area contributed by atoms with Crippen molar-refractivity contribution in [2.75, 3.05) is 19.8 Å². The summed E-state index contributed by atoms with van der Waals surface area (Å²) in [5, 5.41) is 0. The lowest BCUT2D eigenvalue weighted by atomic mass is 10.1. The molecule has 0 aromatic carbocycles. The molecule has 122 valence electrons. The first-order chi connectivity index (χ1) is 9.79. The second kappa shape index (κ2) is 15.3. The molecule has 0 amide bonds. The Kier molecular flexibility index (Phi) is 15.2. The predicted octanol–water partition coefficient (Wildman–Crippen LogP) is 4.93. The third kappa shape index (κ3) is 10.6. The van der Waals surface area contributed by atoms with Crippen LogP contribution >= 0.6 is 0 Å². The number of ether oxygens (including phenoxy) is 3. The van der Waals surface area contributed by atoms with Crippen molar-refractivity contribution < 1.29 is 14.2 Å². The van der Waals surface area contributed by atoms with Gasteiger partial charge < -0.3 is 14.2 Å². The van der Waals surface area contributed by atoms with E-state index in [4.69, 9.17) is 14.2 Å². The summed E-state index contributed by atoms with van der Waals surface area (Å²) in [5.74, 6) is 0. The Hall–Kier alpha value is -0.120. The normalized spacial score (nSPS) is 13.1. The van der Waals surface area contributed by atoms with Gasteiger partial charge in [-0.2, -0.15) is 0 Å². The minimum Gasteiger partial charge on any atom is -0.373 e. The first-order valence-corrected chi connectivity index (χ1v) is 8.64. The van der Waals surface area contributed by atoms with Gasteiger partial charge in [-0.25, -0.2) is 0 Å². The molecule has 0 aliphatic carbocycles. The number of hydrogen-bond donors (Lipinski definition) is 0. The highest BCUT2D eigenvalue weighted by atomic mass is 16.7. The van der Waals surface area contributed by atoms with E-state index in [1.807, 2.05) is 20.8 Å². The van der Waals surface area contributed by atoms with Crippen LogP contribution < -0.4 is 0 Å². The van der Waals surface area contributed by atoms with Crippen LogP contribution in [0.2, 0.25) is 0 Å². The number of rotatable bonds is 15. The Morgan fingerprint density at radius 3 is 1.60 bits per heavy atom. The monoisotopic (exact) mass is 288 g/mol. The van der Waals surface area contributed by atoms with E-state index in [2.05, 4.69) is 6.92 Å². The van der Waals surface area contributed by atoms with Gasteiger partial charge >= 0.3 is 0 Å². The van der Waals surface area contributed by atoms with Crippen LogP contribution in [-0.2, 0) is 14.2 Å². The molecule has 0 rings (SSSR count). The summed E-state index contributed by atoms with van der Waals surface area (Å²) in [5.41, 5.74) is 0. The molecule has 0 heterocycles. The second-order valence-corrected chi connectivity index (χ2v) is 5.18. The molecule has 0 radical (unpaired) electrons. The summed E-state index contributed by atoms with van der Waals surface area (Å²) in [7, 11) is 0. The summed E-state index contributed by atoms with van der Waals surface area (Å²) in [6.07, 6.45) is 10.2. The number of unbranched alkanes of at least 4 members (excludes halogenated alkanes) is 6. The highest BCUT2D eigenvalue weighted by molar-refractivity contribution is 4.64. The van der Waals surface area contributed by atoms with Gasteiger partial charge in [0.2, 0.25) is 0 Å². The molecule has 1 atom stereocenters. The Morgan fingerprint density at radius 1 is 0.600 bits per heavy atom. The average molecular weight is 288 g/mol. The molecule has 20 heavy (non-hydrogen) atoms. The summed E-state index contributed by atoms with van der Waals surface area (Å²) >= 11 is 0. The van der Waals surface area contributed by atoms with Crippen LogP contribution in [0.15, 0.2) is 0 Å². The van der Waals surface area contributed by atoms with Crippen LogP contribution in [0.5, 0.6) is 0 Å². The van der Waals surface area contributed by atoms with E-state index in [-0.39, 0.29) is 12.4 Å². The van der Waals surface area contributed by atoms with Crippen LogP contribution in [0, 0.1) is 0 Å². The van der Waals surface area contributed by atoms with Gasteiger partial charge in [0.25, 0.3) is 0 Å². The molecule has 0 saturated heterocycles. The first-order valence-electron chi connectivity index (χ1n) is 8.64. The van der Waals surface area contributed by atoms with Crippen LogP contribution in [0.25, 0.3) is 0 Å². The van der Waals surface area contributed by atoms with Crippen molar-refractivity contribution in [2.45, 2.75) is 91.5 Å². The molecular weight excluding hydrogens is 252 g/mol. The molecule has 0 N–H and O–H groups in total. The molecule has 0 aliphatic rings. The van der Waals surface area contributed by atoms with E-state index in [1.165, 1.54) is 44.9 Å². The molecule has 0 aromatic heterocycles. The number of hydrogen-bond acceptors (Lipinski definition) is 3. The molecule has 1 unspecified atom stereocenters. The maximum atomic E-state index is 5.80. The molecule has 0 saturated carbocycles. The Labute approximate surface area is 126 Å². The van der Waals surface area contributed by atoms with Gasteiger partial charge in [-0.1, -0.05) is 51.9 Å². The SMILES string of the molecule is CCCCCCCCCC(OCC)C(OCC)OCC. The van der Waals surface area contributed by atoms with Crippen molar-refractivity contribution in [1.82, 2.24) is 0 Å². The average Bonchev–Trinajstić information content (AvgIpc) is 2.45. The molecule has 0 bridgehead atoms. The van der Waals surface area contributed by atoms with Gasteiger partial charge in [0.1, 0.15) is 6.10 Å². The predicted molar refractivity (Wildman–Crippen MR) is 85.1 cm³/mol. The fraction of sp³-hybridized carbons (Fsp3) is 1.00. The van der Waals surface area contributed by atoms with Crippen molar-refractivity contribution in [3.8, 4) is 0 Å². The molecule has 0 spiro atoms. The van der Waals surface area contributed by atoms with Crippen LogP contribution in [0.4, 0.5) is 0 Å². The first kappa shape index (κ1) is 19.9. The van der Waals surface area contributed by atoms with Gasteiger partial charge in [0.05, 0.1) is 0 Å². The zero-order valence-corrected chi connectivity index (χ0v) is 14.2.